The molecule has 7 heteroatoms. The highest BCUT2D eigenvalue weighted by Crippen LogP contribution is 2.21. The average molecular weight is 279 g/mol. The topological polar surface area (TPSA) is 55.8 Å². The maximum atomic E-state index is 12.0. The first kappa shape index (κ1) is 15.7. The van der Waals surface area contributed by atoms with Crippen LogP contribution < -0.4 is 0 Å². The van der Waals surface area contributed by atoms with Gasteiger partial charge in [0.1, 0.15) is 11.6 Å². The van der Waals surface area contributed by atoms with E-state index in [4.69, 9.17) is 4.74 Å². The van der Waals surface area contributed by atoms with Crippen molar-refractivity contribution in [2.24, 2.45) is 0 Å². The van der Waals surface area contributed by atoms with Crippen molar-refractivity contribution in [2.75, 3.05) is 13.2 Å². The lowest BCUT2D eigenvalue weighted by molar-refractivity contribution is -0.152. The van der Waals surface area contributed by atoms with Gasteiger partial charge in [-0.1, -0.05) is 0 Å². The van der Waals surface area contributed by atoms with Crippen LogP contribution in [0.3, 0.4) is 0 Å². The summed E-state index contributed by atoms with van der Waals surface area (Å²) in [7, 11) is 0. The highest BCUT2D eigenvalue weighted by atomic mass is 19.3. The van der Waals surface area contributed by atoms with Crippen molar-refractivity contribution in [3.05, 3.63) is 0 Å². The Balaban J connectivity index is 2.58. The van der Waals surface area contributed by atoms with Gasteiger partial charge in [-0.3, -0.25) is 4.90 Å². The molecule has 0 aliphatic carbocycles. The van der Waals surface area contributed by atoms with E-state index in [1.165, 1.54) is 4.90 Å². The third kappa shape index (κ3) is 5.00. The zero-order chi connectivity index (χ0) is 14.6. The van der Waals surface area contributed by atoms with E-state index >= 15 is 0 Å². The molecule has 1 fully saturated rings. The van der Waals surface area contributed by atoms with Gasteiger partial charge in [0, 0.05) is 6.54 Å². The van der Waals surface area contributed by atoms with Crippen molar-refractivity contribution in [1.29, 1.82) is 0 Å². The lowest BCUT2D eigenvalue weighted by atomic mass is 10.2. The van der Waals surface area contributed by atoms with E-state index in [2.05, 4.69) is 4.74 Å². The second-order valence-electron chi connectivity index (χ2n) is 5.35. The van der Waals surface area contributed by atoms with Gasteiger partial charge in [0.25, 0.3) is 6.43 Å². The summed E-state index contributed by atoms with van der Waals surface area (Å²) in [6, 6.07) is -0.825. The van der Waals surface area contributed by atoms with Crippen LogP contribution in [0.4, 0.5) is 13.6 Å². The molecule has 0 aromatic heterocycles. The number of hydrogen-bond acceptors (Lipinski definition) is 4. The number of ether oxygens (including phenoxy) is 2. The molecule has 110 valence electrons. The molecule has 1 aliphatic heterocycles. The highest BCUT2D eigenvalue weighted by molar-refractivity contribution is 5.82. The van der Waals surface area contributed by atoms with E-state index in [0.29, 0.717) is 19.4 Å². The number of rotatable bonds is 3. The largest absolute Gasteiger partial charge is 0.458 e. The van der Waals surface area contributed by atoms with Gasteiger partial charge in [0.05, 0.1) is 0 Å². The van der Waals surface area contributed by atoms with E-state index in [0.717, 1.165) is 0 Å². The molecule has 5 nitrogen and oxygen atoms in total. The molecule has 0 bridgehead atoms. The van der Waals surface area contributed by atoms with Crippen molar-refractivity contribution in [3.8, 4) is 0 Å². The molecule has 0 spiro atoms. The van der Waals surface area contributed by atoms with Crippen LogP contribution in [0.5, 0.6) is 0 Å². The van der Waals surface area contributed by atoms with Crippen molar-refractivity contribution in [2.45, 2.75) is 51.7 Å². The molecule has 1 atom stereocenters. The summed E-state index contributed by atoms with van der Waals surface area (Å²) in [6.07, 6.45) is -2.31. The molecule has 1 saturated heterocycles. The van der Waals surface area contributed by atoms with Crippen molar-refractivity contribution < 1.29 is 27.8 Å². The van der Waals surface area contributed by atoms with Crippen molar-refractivity contribution in [3.63, 3.8) is 0 Å². The quantitative estimate of drug-likeness (QED) is 0.743. The predicted octanol–water partition coefficient (Wildman–Crippen LogP) is 2.19. The molecular formula is C12H19F2NO4. The lowest BCUT2D eigenvalue weighted by Gasteiger charge is -2.27. The Morgan fingerprint density at radius 1 is 1.37 bits per heavy atom. The zero-order valence-electron chi connectivity index (χ0n) is 11.3. The van der Waals surface area contributed by atoms with Crippen LogP contribution in [-0.2, 0) is 14.3 Å². The number of hydrogen-bond donors (Lipinski definition) is 0. The van der Waals surface area contributed by atoms with Crippen LogP contribution >= 0.6 is 0 Å². The fourth-order valence-electron chi connectivity index (χ4n) is 1.79. The van der Waals surface area contributed by atoms with Crippen molar-refractivity contribution in [1.82, 2.24) is 4.90 Å². The minimum atomic E-state index is -2.71. The monoisotopic (exact) mass is 279 g/mol. The number of amides is 1. The second-order valence-corrected chi connectivity index (χ2v) is 5.35. The number of nitrogens with zero attached hydrogens (tertiary/aromatic N) is 1. The van der Waals surface area contributed by atoms with Crippen LogP contribution in [0, 0.1) is 0 Å². The average Bonchev–Trinajstić information content (AvgIpc) is 2.72. The van der Waals surface area contributed by atoms with E-state index in [1.54, 1.807) is 20.8 Å². The number of carbonyl (C=O) groups is 2. The molecular weight excluding hydrogens is 260 g/mol. The number of carbonyl (C=O) groups excluding carboxylic acids is 2. The van der Waals surface area contributed by atoms with E-state index < -0.39 is 36.7 Å². The molecule has 1 aliphatic rings. The Morgan fingerprint density at radius 2 is 2.00 bits per heavy atom. The summed E-state index contributed by atoms with van der Waals surface area (Å²) in [5.74, 6) is -0.802. The van der Waals surface area contributed by atoms with Gasteiger partial charge in [0.2, 0.25) is 0 Å². The number of likely N-dealkylation sites (tertiary alicyclic amines) is 1. The Kier molecular flexibility index (Phi) is 5.08. The zero-order valence-corrected chi connectivity index (χ0v) is 11.3. The molecule has 1 amide bonds. The van der Waals surface area contributed by atoms with Crippen LogP contribution in [0.25, 0.3) is 0 Å². The molecule has 0 aromatic carbocycles. The number of halogens is 2. The van der Waals surface area contributed by atoms with Crippen LogP contribution in [0.15, 0.2) is 0 Å². The first-order chi connectivity index (χ1) is 8.70. The summed E-state index contributed by atoms with van der Waals surface area (Å²) >= 11 is 0. The second kappa shape index (κ2) is 6.16. The van der Waals surface area contributed by atoms with Gasteiger partial charge >= 0.3 is 12.1 Å². The summed E-state index contributed by atoms with van der Waals surface area (Å²) in [5, 5.41) is 0. The third-order valence-electron chi connectivity index (χ3n) is 2.50. The molecule has 1 unspecified atom stereocenters. The predicted molar refractivity (Wildman–Crippen MR) is 62.9 cm³/mol. The number of esters is 1. The molecule has 1 heterocycles. The van der Waals surface area contributed by atoms with E-state index in [-0.39, 0.29) is 0 Å². The Bertz CT molecular complexity index is 341. The Labute approximate surface area is 110 Å². The SMILES string of the molecule is CC(C)(C)OC(=O)N1CCCC1C(=O)OCC(F)F. The standard InChI is InChI=1S/C12H19F2NO4/c1-12(2,3)19-11(17)15-6-4-5-8(15)10(16)18-7-9(13)14/h8-9H,4-7H2,1-3H3. The summed E-state index contributed by atoms with van der Waals surface area (Å²) in [4.78, 5) is 24.7. The Morgan fingerprint density at radius 3 is 2.53 bits per heavy atom. The van der Waals surface area contributed by atoms with E-state index in [1.807, 2.05) is 0 Å². The molecule has 0 N–H and O–H groups in total. The van der Waals surface area contributed by atoms with Gasteiger partial charge in [0.15, 0.2) is 6.61 Å². The van der Waals surface area contributed by atoms with Crippen LogP contribution in [0.2, 0.25) is 0 Å². The minimum Gasteiger partial charge on any atom is -0.458 e. The summed E-state index contributed by atoms with van der Waals surface area (Å²) < 4.78 is 33.6. The van der Waals surface area contributed by atoms with Gasteiger partial charge in [-0.25, -0.2) is 18.4 Å². The van der Waals surface area contributed by atoms with Gasteiger partial charge in [-0.2, -0.15) is 0 Å². The van der Waals surface area contributed by atoms with Crippen LogP contribution in [-0.4, -0.2) is 48.2 Å². The maximum Gasteiger partial charge on any atom is 0.411 e. The smallest absolute Gasteiger partial charge is 0.411 e. The van der Waals surface area contributed by atoms with Gasteiger partial charge in [-0.05, 0) is 33.6 Å². The fourth-order valence-corrected chi connectivity index (χ4v) is 1.79. The Hall–Kier alpha value is -1.40. The first-order valence-electron chi connectivity index (χ1n) is 6.15. The minimum absolute atomic E-state index is 0.364. The summed E-state index contributed by atoms with van der Waals surface area (Å²) in [5.41, 5.74) is -0.670. The first-order valence-corrected chi connectivity index (χ1v) is 6.15. The molecule has 0 radical (unpaired) electrons. The fraction of sp³-hybridized carbons (Fsp3) is 0.833. The van der Waals surface area contributed by atoms with E-state index in [9.17, 15) is 18.4 Å². The van der Waals surface area contributed by atoms with Crippen molar-refractivity contribution >= 4 is 12.1 Å². The normalized spacial score (nSPS) is 19.7. The lowest BCUT2D eigenvalue weighted by Crippen LogP contribution is -2.44. The number of alkyl halides is 2. The maximum absolute atomic E-state index is 12.0. The third-order valence-corrected chi connectivity index (χ3v) is 2.50. The van der Waals surface area contributed by atoms with Gasteiger partial charge in [-0.15, -0.1) is 0 Å². The molecule has 0 aromatic rings. The van der Waals surface area contributed by atoms with Gasteiger partial charge < -0.3 is 9.47 Å². The summed E-state index contributed by atoms with van der Waals surface area (Å²) in [6.45, 7) is 4.56. The molecule has 19 heavy (non-hydrogen) atoms. The molecule has 0 saturated carbocycles. The highest BCUT2D eigenvalue weighted by Gasteiger charge is 2.37. The van der Waals surface area contributed by atoms with Crippen LogP contribution in [0.1, 0.15) is 33.6 Å². The molecule has 1 rings (SSSR count).